The molecule has 0 spiro atoms. The van der Waals surface area contributed by atoms with Crippen molar-refractivity contribution in [2.45, 2.75) is 39.4 Å². The fraction of sp³-hybridized carbons (Fsp3) is 0.500. The van der Waals surface area contributed by atoms with Crippen LogP contribution >= 0.6 is 0 Å². The van der Waals surface area contributed by atoms with Gasteiger partial charge in [-0.05, 0) is 33.8 Å². The summed E-state index contributed by atoms with van der Waals surface area (Å²) in [7, 11) is 0. The maximum absolute atomic E-state index is 12.8. The monoisotopic (exact) mass is 260 g/mol. The molecule has 0 aliphatic heterocycles. The van der Waals surface area contributed by atoms with Crippen LogP contribution in [-0.2, 0) is 6.18 Å². The molecule has 0 aromatic carbocycles. The van der Waals surface area contributed by atoms with Crippen molar-refractivity contribution in [3.05, 3.63) is 29.1 Å². The van der Waals surface area contributed by atoms with Crippen LogP contribution in [0.5, 0.6) is 0 Å². The van der Waals surface area contributed by atoms with Crippen LogP contribution in [0.4, 0.5) is 13.2 Å². The third kappa shape index (κ3) is 3.72. The highest BCUT2D eigenvalue weighted by molar-refractivity contribution is 5.96. The lowest BCUT2D eigenvalue weighted by Crippen LogP contribution is -2.41. The van der Waals surface area contributed by atoms with E-state index >= 15 is 0 Å². The van der Waals surface area contributed by atoms with Gasteiger partial charge in [-0.2, -0.15) is 13.2 Å². The van der Waals surface area contributed by atoms with Gasteiger partial charge in [0.05, 0.1) is 11.1 Å². The highest BCUT2D eigenvalue weighted by atomic mass is 19.4. The van der Waals surface area contributed by atoms with E-state index in [0.717, 1.165) is 12.3 Å². The van der Waals surface area contributed by atoms with Gasteiger partial charge in [0.25, 0.3) is 5.91 Å². The van der Waals surface area contributed by atoms with E-state index in [9.17, 15) is 18.0 Å². The van der Waals surface area contributed by atoms with Crippen LogP contribution in [0.2, 0.25) is 0 Å². The number of aromatic nitrogens is 1. The average Bonchev–Trinajstić information content (AvgIpc) is 2.13. The van der Waals surface area contributed by atoms with Crippen LogP contribution in [0.15, 0.2) is 12.3 Å². The summed E-state index contributed by atoms with van der Waals surface area (Å²) in [6.45, 7) is 6.53. The molecule has 0 bridgehead atoms. The predicted molar refractivity (Wildman–Crippen MR) is 61.2 cm³/mol. The van der Waals surface area contributed by atoms with Gasteiger partial charge in [0.2, 0.25) is 0 Å². The summed E-state index contributed by atoms with van der Waals surface area (Å²) in [6, 6.07) is 0.873. The lowest BCUT2D eigenvalue weighted by atomic mass is 10.0. The van der Waals surface area contributed by atoms with E-state index in [1.807, 2.05) is 0 Å². The number of carbonyl (C=O) groups excluding carboxylic acids is 1. The number of amides is 1. The van der Waals surface area contributed by atoms with Crippen molar-refractivity contribution in [2.24, 2.45) is 0 Å². The number of pyridine rings is 1. The van der Waals surface area contributed by atoms with E-state index in [1.54, 1.807) is 20.8 Å². The fourth-order valence-corrected chi connectivity index (χ4v) is 1.38. The Morgan fingerprint density at radius 1 is 1.28 bits per heavy atom. The SMILES string of the molecule is Cc1cc(C(F)(F)F)c(C(=O)NC(C)(C)C)cn1. The van der Waals surface area contributed by atoms with Gasteiger partial charge in [0.1, 0.15) is 0 Å². The van der Waals surface area contributed by atoms with Crippen molar-refractivity contribution in [1.29, 1.82) is 0 Å². The third-order valence-electron chi connectivity index (χ3n) is 2.08. The standard InChI is InChI=1S/C12H15F3N2O/c1-7-5-9(12(13,14)15)8(6-16-7)10(18)17-11(2,3)4/h5-6H,1-4H3,(H,17,18). The number of carbonyl (C=O) groups is 1. The average molecular weight is 260 g/mol. The fourth-order valence-electron chi connectivity index (χ4n) is 1.38. The van der Waals surface area contributed by atoms with Gasteiger partial charge in [-0.1, -0.05) is 0 Å². The first kappa shape index (κ1) is 14.5. The lowest BCUT2D eigenvalue weighted by Gasteiger charge is -2.22. The first-order valence-corrected chi connectivity index (χ1v) is 5.37. The van der Waals surface area contributed by atoms with Crippen LogP contribution in [0.1, 0.15) is 42.4 Å². The Kier molecular flexibility index (Phi) is 3.69. The van der Waals surface area contributed by atoms with Gasteiger partial charge in [-0.15, -0.1) is 0 Å². The number of aryl methyl sites for hydroxylation is 1. The molecule has 3 nitrogen and oxygen atoms in total. The molecule has 18 heavy (non-hydrogen) atoms. The van der Waals surface area contributed by atoms with E-state index < -0.39 is 28.7 Å². The Bertz CT molecular complexity index is 461. The number of hydrogen-bond donors (Lipinski definition) is 1. The van der Waals surface area contributed by atoms with Crippen LogP contribution in [0.25, 0.3) is 0 Å². The van der Waals surface area contributed by atoms with E-state index in [-0.39, 0.29) is 5.69 Å². The maximum atomic E-state index is 12.8. The summed E-state index contributed by atoms with van der Waals surface area (Å²) < 4.78 is 38.4. The van der Waals surface area contributed by atoms with Crippen molar-refractivity contribution in [3.63, 3.8) is 0 Å². The number of nitrogens with zero attached hydrogens (tertiary/aromatic N) is 1. The summed E-state index contributed by atoms with van der Waals surface area (Å²) in [4.78, 5) is 15.5. The van der Waals surface area contributed by atoms with Gasteiger partial charge >= 0.3 is 6.18 Å². The second kappa shape index (κ2) is 4.59. The molecule has 1 aromatic heterocycles. The van der Waals surface area contributed by atoms with E-state index in [0.29, 0.717) is 0 Å². The van der Waals surface area contributed by atoms with Crippen molar-refractivity contribution in [3.8, 4) is 0 Å². The zero-order chi connectivity index (χ0) is 14.1. The lowest BCUT2D eigenvalue weighted by molar-refractivity contribution is -0.138. The van der Waals surface area contributed by atoms with E-state index in [2.05, 4.69) is 10.3 Å². The number of alkyl halides is 3. The molecule has 1 amide bonds. The third-order valence-corrected chi connectivity index (χ3v) is 2.08. The zero-order valence-corrected chi connectivity index (χ0v) is 10.6. The number of hydrogen-bond acceptors (Lipinski definition) is 2. The van der Waals surface area contributed by atoms with E-state index in [1.165, 1.54) is 6.92 Å². The number of nitrogens with one attached hydrogen (secondary N) is 1. The summed E-state index contributed by atoms with van der Waals surface area (Å²) in [5.74, 6) is -0.776. The van der Waals surface area contributed by atoms with Gasteiger partial charge in [0.15, 0.2) is 0 Å². The van der Waals surface area contributed by atoms with Crippen molar-refractivity contribution < 1.29 is 18.0 Å². The Morgan fingerprint density at radius 3 is 2.28 bits per heavy atom. The molecule has 0 fully saturated rings. The Labute approximate surface area is 103 Å². The minimum atomic E-state index is -4.57. The second-order valence-corrected chi connectivity index (χ2v) is 5.07. The minimum absolute atomic E-state index is 0.217. The highest BCUT2D eigenvalue weighted by Gasteiger charge is 2.36. The summed E-state index contributed by atoms with van der Waals surface area (Å²) >= 11 is 0. The van der Waals surface area contributed by atoms with Gasteiger partial charge in [0, 0.05) is 17.4 Å². The number of rotatable bonds is 1. The smallest absolute Gasteiger partial charge is 0.347 e. The molecule has 0 aliphatic carbocycles. The first-order chi connectivity index (χ1) is 8.00. The predicted octanol–water partition coefficient (Wildman–Crippen LogP) is 2.94. The van der Waals surface area contributed by atoms with Gasteiger partial charge in [-0.25, -0.2) is 0 Å². The van der Waals surface area contributed by atoms with Crippen molar-refractivity contribution in [1.82, 2.24) is 10.3 Å². The van der Waals surface area contributed by atoms with E-state index in [4.69, 9.17) is 0 Å². The topological polar surface area (TPSA) is 42.0 Å². The molecule has 1 rings (SSSR count). The molecule has 100 valence electrons. The summed E-state index contributed by atoms with van der Waals surface area (Å²) in [5.41, 5.74) is -1.81. The van der Waals surface area contributed by atoms with Crippen LogP contribution in [-0.4, -0.2) is 16.4 Å². The molecule has 0 aliphatic rings. The van der Waals surface area contributed by atoms with Crippen LogP contribution in [0.3, 0.4) is 0 Å². The summed E-state index contributed by atoms with van der Waals surface area (Å²) in [6.07, 6.45) is -3.61. The second-order valence-electron chi connectivity index (χ2n) is 5.07. The molecule has 0 atom stereocenters. The largest absolute Gasteiger partial charge is 0.417 e. The Morgan fingerprint density at radius 2 is 1.83 bits per heavy atom. The molecule has 1 aromatic rings. The molecule has 0 radical (unpaired) electrons. The molecule has 1 heterocycles. The molecule has 0 saturated heterocycles. The Hall–Kier alpha value is -1.59. The molecule has 1 N–H and O–H groups in total. The maximum Gasteiger partial charge on any atom is 0.417 e. The molecular weight excluding hydrogens is 245 g/mol. The normalized spacial score (nSPS) is 12.4. The van der Waals surface area contributed by atoms with Crippen molar-refractivity contribution in [2.75, 3.05) is 0 Å². The van der Waals surface area contributed by atoms with Crippen LogP contribution in [0, 0.1) is 6.92 Å². The quantitative estimate of drug-likeness (QED) is 0.843. The van der Waals surface area contributed by atoms with Crippen LogP contribution < -0.4 is 5.32 Å². The molecule has 6 heteroatoms. The highest BCUT2D eigenvalue weighted by Crippen LogP contribution is 2.32. The summed E-state index contributed by atoms with van der Waals surface area (Å²) in [5, 5.41) is 2.49. The molecular formula is C12H15F3N2O. The van der Waals surface area contributed by atoms with Gasteiger partial charge < -0.3 is 5.32 Å². The molecule has 0 unspecified atom stereocenters. The first-order valence-electron chi connectivity index (χ1n) is 5.37. The Balaban J connectivity index is 3.21. The van der Waals surface area contributed by atoms with Gasteiger partial charge in [-0.3, -0.25) is 9.78 Å². The zero-order valence-electron chi connectivity index (χ0n) is 10.6. The minimum Gasteiger partial charge on any atom is -0.347 e. The molecule has 0 saturated carbocycles. The number of halogens is 3. The van der Waals surface area contributed by atoms with Crippen molar-refractivity contribution >= 4 is 5.91 Å².